The topological polar surface area (TPSA) is 34.1 Å². The molecule has 19 heavy (non-hydrogen) atoms. The fourth-order valence-electron chi connectivity index (χ4n) is 1.78. The van der Waals surface area contributed by atoms with Crippen molar-refractivity contribution in [1.82, 2.24) is 0 Å². The van der Waals surface area contributed by atoms with E-state index in [-0.39, 0.29) is 61.6 Å². The Morgan fingerprint density at radius 3 is 2.11 bits per heavy atom. The third kappa shape index (κ3) is 4.83. The van der Waals surface area contributed by atoms with E-state index in [1.165, 1.54) is 6.92 Å². The second-order valence-corrected chi connectivity index (χ2v) is 3.42. The Bertz CT molecular complexity index is 559. The van der Waals surface area contributed by atoms with Gasteiger partial charge in [0, 0.05) is 11.1 Å². The Balaban J connectivity index is -0.000000640. The molecule has 2 nitrogen and oxygen atoms in total. The molecule has 0 heterocycles. The average Bonchev–Trinajstić information content (AvgIpc) is 2.27. The molecule has 0 spiro atoms. The zero-order chi connectivity index (χ0) is 10.8. The van der Waals surface area contributed by atoms with E-state index in [9.17, 15) is 9.59 Å². The molecular weight excluding hydrogens is 345 g/mol. The zero-order valence-electron chi connectivity index (χ0n) is 9.94. The first-order valence-electron chi connectivity index (χ1n) is 4.72. The van der Waals surface area contributed by atoms with Crippen LogP contribution in [-0.4, -0.2) is 12.1 Å². The Morgan fingerprint density at radius 2 is 1.58 bits per heavy atom. The SMILES string of the molecule is CC(=O)c1c(C=O)ccc2ccccc12.[Cl-].[Cl-].[Cl-].[V+3]. The number of fused-ring (bicyclic) bond motifs is 1. The van der Waals surface area contributed by atoms with Crippen molar-refractivity contribution in [3.05, 3.63) is 47.5 Å². The molecule has 0 radical (unpaired) electrons. The third-order valence-electron chi connectivity index (χ3n) is 2.44. The van der Waals surface area contributed by atoms with Crippen LogP contribution < -0.4 is 37.2 Å². The van der Waals surface area contributed by atoms with E-state index in [0.717, 1.165) is 17.1 Å². The summed E-state index contributed by atoms with van der Waals surface area (Å²) in [6.07, 6.45) is 0.725. The molecule has 2 aromatic carbocycles. The van der Waals surface area contributed by atoms with Crippen molar-refractivity contribution in [2.24, 2.45) is 0 Å². The summed E-state index contributed by atoms with van der Waals surface area (Å²) >= 11 is 0. The molecule has 0 aliphatic carbocycles. The maximum atomic E-state index is 11.5. The van der Waals surface area contributed by atoms with Gasteiger partial charge in [0.05, 0.1) is 0 Å². The van der Waals surface area contributed by atoms with Crippen LogP contribution in [-0.2, 0) is 18.6 Å². The summed E-state index contributed by atoms with van der Waals surface area (Å²) in [6.45, 7) is 1.48. The molecule has 2 rings (SSSR count). The molecule has 6 heteroatoms. The Hall–Kier alpha value is -0.506. The minimum atomic E-state index is -0.0751. The molecule has 0 unspecified atom stereocenters. The number of carbonyl (C=O) groups excluding carboxylic acids is 2. The summed E-state index contributed by atoms with van der Waals surface area (Å²) in [7, 11) is 0. The summed E-state index contributed by atoms with van der Waals surface area (Å²) in [6, 6.07) is 11.1. The molecule has 0 amide bonds. The van der Waals surface area contributed by atoms with Gasteiger partial charge in [-0.25, -0.2) is 0 Å². The van der Waals surface area contributed by atoms with Gasteiger partial charge in [0.15, 0.2) is 12.1 Å². The van der Waals surface area contributed by atoms with E-state index >= 15 is 0 Å². The van der Waals surface area contributed by atoms with Crippen LogP contribution in [0.3, 0.4) is 0 Å². The fourth-order valence-corrected chi connectivity index (χ4v) is 1.78. The molecule has 100 valence electrons. The van der Waals surface area contributed by atoms with Crippen LogP contribution in [0, 0.1) is 0 Å². The molecule has 0 aliphatic rings. The first kappa shape index (κ1) is 23.6. The van der Waals surface area contributed by atoms with Gasteiger partial charge in [-0.15, -0.1) is 0 Å². The van der Waals surface area contributed by atoms with Gasteiger partial charge < -0.3 is 37.2 Å². The number of aldehydes is 1. The third-order valence-corrected chi connectivity index (χ3v) is 2.44. The molecule has 0 fully saturated rings. The van der Waals surface area contributed by atoms with Gasteiger partial charge in [0.2, 0.25) is 0 Å². The average molecular weight is 356 g/mol. The van der Waals surface area contributed by atoms with Crippen molar-refractivity contribution in [1.29, 1.82) is 0 Å². The number of halogens is 3. The van der Waals surface area contributed by atoms with Gasteiger partial charge in [-0.05, 0) is 17.7 Å². The molecule has 0 aromatic heterocycles. The first-order valence-corrected chi connectivity index (χ1v) is 4.72. The van der Waals surface area contributed by atoms with E-state index < -0.39 is 0 Å². The van der Waals surface area contributed by atoms with Gasteiger partial charge in [-0.3, -0.25) is 9.59 Å². The van der Waals surface area contributed by atoms with Crippen molar-refractivity contribution in [3.63, 3.8) is 0 Å². The second kappa shape index (κ2) is 10.3. The minimum absolute atomic E-state index is 0. The standard InChI is InChI=1S/C13H10O2.3ClH.V/c1-9(15)13-11(8-14)7-6-10-4-2-3-5-12(10)13;;;;/h2-8H,1H3;3*1H;/q;;;;+3/p-3. The van der Waals surface area contributed by atoms with Gasteiger partial charge in [-0.1, -0.05) is 36.4 Å². The van der Waals surface area contributed by atoms with E-state index in [1.54, 1.807) is 6.07 Å². The van der Waals surface area contributed by atoms with Crippen LogP contribution in [0.5, 0.6) is 0 Å². The molecular formula is C13H10Cl3O2V. The number of hydrogen-bond acceptors (Lipinski definition) is 2. The monoisotopic (exact) mass is 354 g/mol. The maximum absolute atomic E-state index is 11.5. The fraction of sp³-hybridized carbons (Fsp3) is 0.0769. The van der Waals surface area contributed by atoms with Gasteiger partial charge in [-0.2, -0.15) is 0 Å². The molecule has 0 N–H and O–H groups in total. The number of ketones is 1. The Labute approximate surface area is 142 Å². The quantitative estimate of drug-likeness (QED) is 0.397. The number of rotatable bonds is 2. The summed E-state index contributed by atoms with van der Waals surface area (Å²) in [5.41, 5.74) is 0.976. The second-order valence-electron chi connectivity index (χ2n) is 3.42. The zero-order valence-corrected chi connectivity index (χ0v) is 13.6. The largest absolute Gasteiger partial charge is 3.00 e. The van der Waals surface area contributed by atoms with E-state index in [2.05, 4.69) is 0 Å². The summed E-state index contributed by atoms with van der Waals surface area (Å²) < 4.78 is 0. The molecule has 0 aliphatic heterocycles. The Morgan fingerprint density at radius 1 is 1.00 bits per heavy atom. The molecule has 0 saturated heterocycles. The van der Waals surface area contributed by atoms with E-state index in [0.29, 0.717) is 11.1 Å². The number of benzene rings is 2. The normalized spacial score (nSPS) is 8.05. The van der Waals surface area contributed by atoms with Gasteiger partial charge >= 0.3 is 18.6 Å². The van der Waals surface area contributed by atoms with Crippen LogP contribution in [0.25, 0.3) is 10.8 Å². The first-order chi connectivity index (χ1) is 7.24. The molecule has 2 aromatic rings. The molecule has 0 bridgehead atoms. The summed E-state index contributed by atoms with van der Waals surface area (Å²) in [5.74, 6) is -0.0751. The van der Waals surface area contributed by atoms with Gasteiger partial charge in [0.25, 0.3) is 0 Å². The predicted octanol–water partition coefficient (Wildman–Crippen LogP) is -6.14. The molecule has 0 atom stereocenters. The van der Waals surface area contributed by atoms with E-state index in [1.807, 2.05) is 30.3 Å². The number of carbonyl (C=O) groups is 2. The van der Waals surface area contributed by atoms with Crippen LogP contribution in [0.4, 0.5) is 0 Å². The van der Waals surface area contributed by atoms with Crippen LogP contribution >= 0.6 is 0 Å². The smallest absolute Gasteiger partial charge is 1.00 e. The maximum Gasteiger partial charge on any atom is 3.00 e. The number of hydrogen-bond donors (Lipinski definition) is 0. The van der Waals surface area contributed by atoms with Crippen molar-refractivity contribution in [3.8, 4) is 0 Å². The van der Waals surface area contributed by atoms with Crippen LogP contribution in [0.15, 0.2) is 36.4 Å². The summed E-state index contributed by atoms with van der Waals surface area (Å²) in [5, 5.41) is 1.82. The van der Waals surface area contributed by atoms with Crippen molar-refractivity contribution < 1.29 is 65.4 Å². The van der Waals surface area contributed by atoms with Crippen molar-refractivity contribution in [2.45, 2.75) is 6.92 Å². The van der Waals surface area contributed by atoms with Gasteiger partial charge in [0.1, 0.15) is 0 Å². The number of Topliss-reactive ketones (excluding diaryl/α,β-unsaturated/α-hetero) is 1. The molecule has 0 saturated carbocycles. The van der Waals surface area contributed by atoms with Crippen molar-refractivity contribution >= 4 is 22.8 Å². The Kier molecular flexibility index (Phi) is 12.8. The van der Waals surface area contributed by atoms with E-state index in [4.69, 9.17) is 0 Å². The summed E-state index contributed by atoms with van der Waals surface area (Å²) in [4.78, 5) is 22.3. The van der Waals surface area contributed by atoms with Crippen molar-refractivity contribution in [2.75, 3.05) is 0 Å². The minimum Gasteiger partial charge on any atom is -1.00 e. The predicted molar refractivity (Wildman–Crippen MR) is 59.3 cm³/mol. The van der Waals surface area contributed by atoms with Crippen LogP contribution in [0.1, 0.15) is 27.6 Å². The van der Waals surface area contributed by atoms with Crippen LogP contribution in [0.2, 0.25) is 0 Å².